The molecule has 0 bridgehead atoms. The lowest BCUT2D eigenvalue weighted by molar-refractivity contribution is 0.267. The van der Waals surface area contributed by atoms with Gasteiger partial charge in [0.05, 0.1) is 18.4 Å². The number of halogens is 1. The average Bonchev–Trinajstić information content (AvgIpc) is 2.79. The molecule has 0 saturated carbocycles. The third kappa shape index (κ3) is 3.98. The molecule has 4 nitrogen and oxygen atoms in total. The molecule has 1 aromatic heterocycles. The molecule has 108 valence electrons. The zero-order chi connectivity index (χ0) is 14.5. The fourth-order valence-corrected chi connectivity index (χ4v) is 2.99. The Bertz CT molecular complexity index is 556. The van der Waals surface area contributed by atoms with Crippen molar-refractivity contribution in [3.8, 4) is 0 Å². The molecule has 0 unspecified atom stereocenters. The van der Waals surface area contributed by atoms with Gasteiger partial charge in [-0.3, -0.25) is 0 Å². The van der Waals surface area contributed by atoms with Gasteiger partial charge in [0.1, 0.15) is 11.6 Å². The fraction of sp³-hybridized carbons (Fsp3) is 0.429. The van der Waals surface area contributed by atoms with Crippen LogP contribution in [-0.4, -0.2) is 26.5 Å². The van der Waals surface area contributed by atoms with Crippen LogP contribution in [0.4, 0.5) is 0 Å². The van der Waals surface area contributed by atoms with Gasteiger partial charge in [0.25, 0.3) is 0 Å². The van der Waals surface area contributed by atoms with Crippen LogP contribution >= 0.6 is 23.4 Å². The summed E-state index contributed by atoms with van der Waals surface area (Å²) < 4.78 is 1.79. The Morgan fingerprint density at radius 2 is 2.05 bits per heavy atom. The SMILES string of the molecule is Cc1nc([C@H](C)SCc2ccc(Cl)cc2)n(CCO)n1. The second-order valence-corrected chi connectivity index (χ2v) is 6.31. The quantitative estimate of drug-likeness (QED) is 0.890. The Balaban J connectivity index is 2.00. The van der Waals surface area contributed by atoms with Crippen molar-refractivity contribution in [1.82, 2.24) is 14.8 Å². The molecule has 0 fully saturated rings. The van der Waals surface area contributed by atoms with E-state index in [9.17, 15) is 0 Å². The summed E-state index contributed by atoms with van der Waals surface area (Å²) in [5.41, 5.74) is 1.23. The van der Waals surface area contributed by atoms with E-state index in [4.69, 9.17) is 16.7 Å². The number of hydrogen-bond donors (Lipinski definition) is 1. The molecule has 1 aromatic carbocycles. The Kier molecular flexibility index (Phi) is 5.46. The summed E-state index contributed by atoms with van der Waals surface area (Å²) in [6.07, 6.45) is 0. The summed E-state index contributed by atoms with van der Waals surface area (Å²) in [4.78, 5) is 4.45. The molecule has 0 saturated heterocycles. The third-order valence-corrected chi connectivity index (χ3v) is 4.36. The van der Waals surface area contributed by atoms with Crippen molar-refractivity contribution < 1.29 is 5.11 Å². The minimum Gasteiger partial charge on any atom is -0.394 e. The van der Waals surface area contributed by atoms with Gasteiger partial charge in [0.2, 0.25) is 0 Å². The number of rotatable bonds is 6. The number of benzene rings is 1. The number of aliphatic hydroxyl groups is 1. The van der Waals surface area contributed by atoms with E-state index < -0.39 is 0 Å². The van der Waals surface area contributed by atoms with E-state index in [0.717, 1.165) is 22.4 Å². The van der Waals surface area contributed by atoms with Gasteiger partial charge in [-0.1, -0.05) is 23.7 Å². The lowest BCUT2D eigenvalue weighted by atomic mass is 10.2. The summed E-state index contributed by atoms with van der Waals surface area (Å²) in [6, 6.07) is 7.87. The van der Waals surface area contributed by atoms with E-state index in [1.54, 1.807) is 16.4 Å². The molecule has 0 radical (unpaired) electrons. The van der Waals surface area contributed by atoms with Crippen LogP contribution < -0.4 is 0 Å². The van der Waals surface area contributed by atoms with Crippen molar-refractivity contribution in [2.45, 2.75) is 31.4 Å². The molecule has 0 amide bonds. The third-order valence-electron chi connectivity index (χ3n) is 2.89. The molecule has 1 heterocycles. The molecule has 0 aliphatic carbocycles. The van der Waals surface area contributed by atoms with Crippen LogP contribution in [0.1, 0.15) is 29.4 Å². The van der Waals surface area contributed by atoms with E-state index >= 15 is 0 Å². The minimum atomic E-state index is 0.0738. The van der Waals surface area contributed by atoms with Crippen molar-refractivity contribution >= 4 is 23.4 Å². The molecule has 1 N–H and O–H groups in total. The average molecular weight is 312 g/mol. The smallest absolute Gasteiger partial charge is 0.147 e. The first-order chi connectivity index (χ1) is 9.60. The molecular formula is C14H18ClN3OS. The topological polar surface area (TPSA) is 50.9 Å². The van der Waals surface area contributed by atoms with Crippen molar-refractivity contribution in [2.24, 2.45) is 0 Å². The maximum absolute atomic E-state index is 9.06. The number of aliphatic hydroxyl groups excluding tert-OH is 1. The van der Waals surface area contributed by atoms with Gasteiger partial charge in [-0.05, 0) is 31.5 Å². The van der Waals surface area contributed by atoms with Crippen LogP contribution in [0.25, 0.3) is 0 Å². The molecule has 0 spiro atoms. The molecule has 0 aliphatic heterocycles. The van der Waals surface area contributed by atoms with Gasteiger partial charge in [-0.15, -0.1) is 11.8 Å². The molecular weight excluding hydrogens is 294 g/mol. The van der Waals surface area contributed by atoms with Crippen LogP contribution in [0.15, 0.2) is 24.3 Å². The summed E-state index contributed by atoms with van der Waals surface area (Å²) in [5, 5.41) is 14.3. The van der Waals surface area contributed by atoms with Gasteiger partial charge in [-0.2, -0.15) is 5.10 Å². The number of aryl methyl sites for hydroxylation is 1. The molecule has 0 aliphatic rings. The van der Waals surface area contributed by atoms with Crippen molar-refractivity contribution in [3.63, 3.8) is 0 Å². The van der Waals surface area contributed by atoms with E-state index in [0.29, 0.717) is 6.54 Å². The van der Waals surface area contributed by atoms with Crippen LogP contribution in [0.3, 0.4) is 0 Å². The Morgan fingerprint density at radius 1 is 1.35 bits per heavy atom. The highest BCUT2D eigenvalue weighted by Gasteiger charge is 2.15. The first-order valence-corrected chi connectivity index (χ1v) is 7.91. The lowest BCUT2D eigenvalue weighted by Crippen LogP contribution is -2.10. The number of nitrogens with zero attached hydrogens (tertiary/aromatic N) is 3. The van der Waals surface area contributed by atoms with Crippen LogP contribution in [-0.2, 0) is 12.3 Å². The number of thioether (sulfide) groups is 1. The van der Waals surface area contributed by atoms with Gasteiger partial charge < -0.3 is 5.11 Å². The largest absolute Gasteiger partial charge is 0.394 e. The van der Waals surface area contributed by atoms with E-state index in [2.05, 4.69) is 17.0 Å². The summed E-state index contributed by atoms with van der Waals surface area (Å²) >= 11 is 7.67. The highest BCUT2D eigenvalue weighted by Crippen LogP contribution is 2.30. The van der Waals surface area contributed by atoms with Crippen molar-refractivity contribution in [1.29, 1.82) is 0 Å². The van der Waals surface area contributed by atoms with Crippen LogP contribution in [0.2, 0.25) is 5.02 Å². The first-order valence-electron chi connectivity index (χ1n) is 6.48. The highest BCUT2D eigenvalue weighted by atomic mass is 35.5. The molecule has 2 aromatic rings. The van der Waals surface area contributed by atoms with Crippen LogP contribution in [0.5, 0.6) is 0 Å². The van der Waals surface area contributed by atoms with Crippen molar-refractivity contribution in [3.05, 3.63) is 46.5 Å². The maximum atomic E-state index is 9.06. The normalized spacial score (nSPS) is 12.6. The summed E-state index contributed by atoms with van der Waals surface area (Å²) in [7, 11) is 0. The summed E-state index contributed by atoms with van der Waals surface area (Å²) in [5.74, 6) is 2.55. The Hall–Kier alpha value is -1.04. The van der Waals surface area contributed by atoms with Gasteiger partial charge in [0, 0.05) is 10.8 Å². The van der Waals surface area contributed by atoms with Crippen molar-refractivity contribution in [2.75, 3.05) is 6.61 Å². The van der Waals surface area contributed by atoms with E-state index in [1.165, 1.54) is 5.56 Å². The Morgan fingerprint density at radius 3 is 2.70 bits per heavy atom. The predicted octanol–water partition coefficient (Wildman–Crippen LogP) is 3.23. The second-order valence-electron chi connectivity index (χ2n) is 4.54. The molecule has 6 heteroatoms. The fourth-order valence-electron chi connectivity index (χ4n) is 1.91. The zero-order valence-electron chi connectivity index (χ0n) is 11.6. The highest BCUT2D eigenvalue weighted by molar-refractivity contribution is 7.98. The zero-order valence-corrected chi connectivity index (χ0v) is 13.2. The molecule has 20 heavy (non-hydrogen) atoms. The van der Waals surface area contributed by atoms with Crippen LogP contribution in [0, 0.1) is 6.92 Å². The monoisotopic (exact) mass is 311 g/mol. The minimum absolute atomic E-state index is 0.0738. The summed E-state index contributed by atoms with van der Waals surface area (Å²) in [6.45, 7) is 4.54. The van der Waals surface area contributed by atoms with Gasteiger partial charge in [-0.25, -0.2) is 9.67 Å². The molecule has 2 rings (SSSR count). The molecule has 1 atom stereocenters. The number of aromatic nitrogens is 3. The standard InChI is InChI=1S/C14H18ClN3OS/c1-10(14-16-11(2)17-18(14)7-8-19)20-9-12-3-5-13(15)6-4-12/h3-6,10,19H,7-9H2,1-2H3/t10-/m0/s1. The first kappa shape index (κ1) is 15.4. The van der Waals surface area contributed by atoms with Gasteiger partial charge >= 0.3 is 0 Å². The van der Waals surface area contributed by atoms with E-state index in [1.807, 2.05) is 31.2 Å². The predicted molar refractivity (Wildman–Crippen MR) is 83.0 cm³/mol. The number of hydrogen-bond acceptors (Lipinski definition) is 4. The van der Waals surface area contributed by atoms with Gasteiger partial charge in [0.15, 0.2) is 0 Å². The lowest BCUT2D eigenvalue weighted by Gasteiger charge is -2.12. The second kappa shape index (κ2) is 7.11. The van der Waals surface area contributed by atoms with E-state index in [-0.39, 0.29) is 11.9 Å². The maximum Gasteiger partial charge on any atom is 0.147 e. The Labute approximate surface area is 128 Å².